The van der Waals surface area contributed by atoms with E-state index in [1.54, 1.807) is 0 Å². The SMILES string of the molecule is CCOc1ccc(C(C)NC(=O)Cn2c(C)cc3ccccc32)cc1. The number of carbonyl (C=O) groups excluding carboxylic acids is 1. The second-order valence-electron chi connectivity index (χ2n) is 6.22. The molecule has 0 spiro atoms. The highest BCUT2D eigenvalue weighted by atomic mass is 16.5. The largest absolute Gasteiger partial charge is 0.494 e. The van der Waals surface area contributed by atoms with Crippen molar-refractivity contribution in [1.82, 2.24) is 9.88 Å². The number of nitrogens with zero attached hydrogens (tertiary/aromatic N) is 1. The monoisotopic (exact) mass is 336 g/mol. The van der Waals surface area contributed by atoms with Crippen molar-refractivity contribution in [1.29, 1.82) is 0 Å². The molecular formula is C21H24N2O2. The third-order valence-electron chi connectivity index (χ3n) is 4.39. The van der Waals surface area contributed by atoms with Gasteiger partial charge in [0.05, 0.1) is 12.6 Å². The van der Waals surface area contributed by atoms with E-state index in [-0.39, 0.29) is 11.9 Å². The van der Waals surface area contributed by atoms with Crippen molar-refractivity contribution in [3.8, 4) is 5.75 Å². The van der Waals surface area contributed by atoms with Gasteiger partial charge in [0.1, 0.15) is 12.3 Å². The van der Waals surface area contributed by atoms with E-state index in [4.69, 9.17) is 4.74 Å². The molecule has 3 aromatic rings. The molecule has 4 heteroatoms. The fraction of sp³-hybridized carbons (Fsp3) is 0.286. The van der Waals surface area contributed by atoms with Crippen LogP contribution in [-0.2, 0) is 11.3 Å². The van der Waals surface area contributed by atoms with Crippen molar-refractivity contribution in [3.63, 3.8) is 0 Å². The third kappa shape index (κ3) is 3.85. The highest BCUT2D eigenvalue weighted by Gasteiger charge is 2.13. The van der Waals surface area contributed by atoms with E-state index < -0.39 is 0 Å². The summed E-state index contributed by atoms with van der Waals surface area (Å²) in [6, 6.07) is 18.0. The molecular weight excluding hydrogens is 312 g/mol. The van der Waals surface area contributed by atoms with Crippen molar-refractivity contribution < 1.29 is 9.53 Å². The molecule has 0 radical (unpaired) electrons. The van der Waals surface area contributed by atoms with E-state index in [9.17, 15) is 4.79 Å². The molecule has 1 unspecified atom stereocenters. The topological polar surface area (TPSA) is 43.3 Å². The Bertz CT molecular complexity index is 865. The van der Waals surface area contributed by atoms with Crippen molar-refractivity contribution in [3.05, 3.63) is 65.9 Å². The smallest absolute Gasteiger partial charge is 0.240 e. The Hall–Kier alpha value is -2.75. The molecule has 0 saturated carbocycles. The third-order valence-corrected chi connectivity index (χ3v) is 4.39. The molecule has 0 aliphatic carbocycles. The average molecular weight is 336 g/mol. The first-order valence-electron chi connectivity index (χ1n) is 8.65. The maximum absolute atomic E-state index is 12.5. The highest BCUT2D eigenvalue weighted by Crippen LogP contribution is 2.20. The Balaban J connectivity index is 1.68. The Morgan fingerprint density at radius 2 is 1.88 bits per heavy atom. The second-order valence-corrected chi connectivity index (χ2v) is 6.22. The van der Waals surface area contributed by atoms with Crippen LogP contribution in [0.15, 0.2) is 54.6 Å². The Morgan fingerprint density at radius 1 is 1.16 bits per heavy atom. The van der Waals surface area contributed by atoms with Gasteiger partial charge in [-0.25, -0.2) is 0 Å². The zero-order chi connectivity index (χ0) is 17.8. The molecule has 1 amide bonds. The number of hydrogen-bond acceptors (Lipinski definition) is 2. The van der Waals surface area contributed by atoms with Gasteiger partial charge in [0, 0.05) is 11.2 Å². The van der Waals surface area contributed by atoms with Crippen LogP contribution in [0.3, 0.4) is 0 Å². The molecule has 0 aliphatic rings. The summed E-state index contributed by atoms with van der Waals surface area (Å²) in [7, 11) is 0. The lowest BCUT2D eigenvalue weighted by Gasteiger charge is -2.16. The number of fused-ring (bicyclic) bond motifs is 1. The van der Waals surface area contributed by atoms with Gasteiger partial charge in [0.15, 0.2) is 0 Å². The van der Waals surface area contributed by atoms with E-state index in [0.717, 1.165) is 27.9 Å². The number of rotatable bonds is 6. The molecule has 0 bridgehead atoms. The van der Waals surface area contributed by atoms with Crippen LogP contribution in [0.4, 0.5) is 0 Å². The molecule has 1 heterocycles. The Kier molecular flexibility index (Phi) is 5.08. The predicted octanol–water partition coefficient (Wildman–Crippen LogP) is 4.23. The minimum absolute atomic E-state index is 0.00541. The molecule has 1 atom stereocenters. The van der Waals surface area contributed by atoms with E-state index in [1.165, 1.54) is 0 Å². The van der Waals surface area contributed by atoms with Crippen LogP contribution in [0.1, 0.15) is 31.1 Å². The van der Waals surface area contributed by atoms with E-state index in [1.807, 2.05) is 63.2 Å². The van der Waals surface area contributed by atoms with Gasteiger partial charge in [-0.2, -0.15) is 0 Å². The number of carbonyl (C=O) groups is 1. The molecule has 1 N–H and O–H groups in total. The van der Waals surface area contributed by atoms with Crippen LogP contribution in [0.2, 0.25) is 0 Å². The molecule has 0 fully saturated rings. The van der Waals surface area contributed by atoms with E-state index in [2.05, 4.69) is 22.0 Å². The molecule has 0 saturated heterocycles. The molecule has 130 valence electrons. The van der Waals surface area contributed by atoms with E-state index in [0.29, 0.717) is 13.2 Å². The lowest BCUT2D eigenvalue weighted by molar-refractivity contribution is -0.122. The number of aryl methyl sites for hydroxylation is 1. The molecule has 3 rings (SSSR count). The summed E-state index contributed by atoms with van der Waals surface area (Å²) in [5.74, 6) is 0.852. The summed E-state index contributed by atoms with van der Waals surface area (Å²) in [6.07, 6.45) is 0. The van der Waals surface area contributed by atoms with Gasteiger partial charge in [0.2, 0.25) is 5.91 Å². The van der Waals surface area contributed by atoms with Crippen LogP contribution in [0.5, 0.6) is 5.75 Å². The number of ether oxygens (including phenoxy) is 1. The number of para-hydroxylation sites is 1. The molecule has 2 aromatic carbocycles. The van der Waals surface area contributed by atoms with Crippen molar-refractivity contribution in [2.75, 3.05) is 6.61 Å². The van der Waals surface area contributed by atoms with Crippen LogP contribution >= 0.6 is 0 Å². The van der Waals surface area contributed by atoms with Gasteiger partial charge in [-0.05, 0) is 56.0 Å². The Morgan fingerprint density at radius 3 is 2.60 bits per heavy atom. The summed E-state index contributed by atoms with van der Waals surface area (Å²) in [5, 5.41) is 4.24. The number of amides is 1. The molecule has 25 heavy (non-hydrogen) atoms. The first-order chi connectivity index (χ1) is 12.1. The summed E-state index contributed by atoms with van der Waals surface area (Å²) in [4.78, 5) is 12.5. The summed E-state index contributed by atoms with van der Waals surface area (Å²) >= 11 is 0. The number of hydrogen-bond donors (Lipinski definition) is 1. The second kappa shape index (κ2) is 7.43. The van der Waals surface area contributed by atoms with Gasteiger partial charge < -0.3 is 14.6 Å². The average Bonchev–Trinajstić information content (AvgIpc) is 2.91. The van der Waals surface area contributed by atoms with E-state index >= 15 is 0 Å². The zero-order valence-corrected chi connectivity index (χ0v) is 15.0. The molecule has 1 aromatic heterocycles. The minimum Gasteiger partial charge on any atom is -0.494 e. The van der Waals surface area contributed by atoms with Crippen molar-refractivity contribution >= 4 is 16.8 Å². The zero-order valence-electron chi connectivity index (χ0n) is 15.0. The predicted molar refractivity (Wildman–Crippen MR) is 101 cm³/mol. The fourth-order valence-electron chi connectivity index (χ4n) is 3.09. The van der Waals surface area contributed by atoms with Gasteiger partial charge in [-0.3, -0.25) is 4.79 Å². The standard InChI is InChI=1S/C21H24N2O2/c1-4-25-19-11-9-17(10-12-19)16(3)22-21(24)14-23-15(2)13-18-7-5-6-8-20(18)23/h5-13,16H,4,14H2,1-3H3,(H,22,24). The minimum atomic E-state index is -0.0506. The fourth-order valence-corrected chi connectivity index (χ4v) is 3.09. The Labute approximate surface area is 148 Å². The van der Waals surface area contributed by atoms with Gasteiger partial charge in [-0.15, -0.1) is 0 Å². The van der Waals surface area contributed by atoms with Gasteiger partial charge in [-0.1, -0.05) is 30.3 Å². The first kappa shape index (κ1) is 17.1. The lowest BCUT2D eigenvalue weighted by atomic mass is 10.1. The van der Waals surface area contributed by atoms with Gasteiger partial charge in [0.25, 0.3) is 0 Å². The maximum atomic E-state index is 12.5. The quantitative estimate of drug-likeness (QED) is 0.732. The van der Waals surface area contributed by atoms with Crippen LogP contribution < -0.4 is 10.1 Å². The summed E-state index contributed by atoms with van der Waals surface area (Å²) < 4.78 is 7.51. The summed E-state index contributed by atoms with van der Waals surface area (Å²) in [6.45, 7) is 6.96. The van der Waals surface area contributed by atoms with Crippen molar-refractivity contribution in [2.45, 2.75) is 33.4 Å². The maximum Gasteiger partial charge on any atom is 0.240 e. The first-order valence-corrected chi connectivity index (χ1v) is 8.65. The number of nitrogens with one attached hydrogen (secondary N) is 1. The highest BCUT2D eigenvalue weighted by molar-refractivity contribution is 5.84. The molecule has 4 nitrogen and oxygen atoms in total. The van der Waals surface area contributed by atoms with Crippen LogP contribution in [0.25, 0.3) is 10.9 Å². The van der Waals surface area contributed by atoms with Crippen molar-refractivity contribution in [2.24, 2.45) is 0 Å². The molecule has 0 aliphatic heterocycles. The normalized spacial score (nSPS) is 12.1. The number of aromatic nitrogens is 1. The van der Waals surface area contributed by atoms with Crippen LogP contribution in [-0.4, -0.2) is 17.1 Å². The summed E-state index contributed by atoms with van der Waals surface area (Å²) in [5.41, 5.74) is 3.24. The van der Waals surface area contributed by atoms with Crippen LogP contribution in [0, 0.1) is 6.92 Å². The lowest BCUT2D eigenvalue weighted by Crippen LogP contribution is -2.30. The number of benzene rings is 2. The van der Waals surface area contributed by atoms with Gasteiger partial charge >= 0.3 is 0 Å².